The van der Waals surface area contributed by atoms with E-state index in [2.05, 4.69) is 30.1 Å². The summed E-state index contributed by atoms with van der Waals surface area (Å²) in [7, 11) is 0. The second-order valence-corrected chi connectivity index (χ2v) is 13.3. The summed E-state index contributed by atoms with van der Waals surface area (Å²) in [6.45, 7) is 3.36. The molecule has 4 aromatic heterocycles. The minimum Gasteiger partial charge on any atom is -0.507 e. The molecular weight excluding hydrogens is 823 g/mol. The summed E-state index contributed by atoms with van der Waals surface area (Å²) < 4.78 is 13.0. The van der Waals surface area contributed by atoms with Crippen LogP contribution < -0.4 is 15.9 Å². The number of benzene rings is 4. The molecule has 0 spiro atoms. The Labute approximate surface area is 349 Å². The van der Waals surface area contributed by atoms with Crippen molar-refractivity contribution < 1.29 is 24.2 Å². The van der Waals surface area contributed by atoms with Crippen LogP contribution in [0.3, 0.4) is 0 Å². The van der Waals surface area contributed by atoms with Crippen LogP contribution in [-0.4, -0.2) is 62.6 Å². The number of alkyl halides is 1. The number of esters is 1. The first kappa shape index (κ1) is 41.8. The Morgan fingerprint density at radius 2 is 1.20 bits per heavy atom. The molecule has 59 heavy (non-hydrogen) atoms. The number of aromatic amines is 2. The summed E-state index contributed by atoms with van der Waals surface area (Å²) >= 11 is 17.5. The topological polar surface area (TPSA) is 199 Å². The number of nitrogens with zero attached hydrogens (tertiary/aromatic N) is 6. The fourth-order valence-electron chi connectivity index (χ4n) is 5.48. The highest BCUT2D eigenvalue weighted by molar-refractivity contribution is 6.34. The Balaban J connectivity index is 0.000000162. The molecule has 0 aliphatic rings. The number of Topliss-reactive ketones (excluding diaryl/α,β-unsaturated/α-hetero) is 1. The quantitative estimate of drug-likeness (QED) is 0.0735. The number of rotatable bonds is 9. The van der Waals surface area contributed by atoms with E-state index in [0.29, 0.717) is 45.1 Å². The molecule has 0 aliphatic carbocycles. The number of hydrogen-bond donors (Lipinski definition) is 3. The number of phenols is 1. The van der Waals surface area contributed by atoms with Crippen LogP contribution in [-0.2, 0) is 17.2 Å². The van der Waals surface area contributed by atoms with Crippen LogP contribution in [0, 0.1) is 0 Å². The molecular formula is C41H33Cl3N8O7. The molecule has 3 N–H and O–H groups in total. The average Bonchev–Trinajstić information content (AvgIpc) is 3.87. The predicted molar refractivity (Wildman–Crippen MR) is 223 cm³/mol. The lowest BCUT2D eigenvalue weighted by atomic mass is 10.1. The normalized spacial score (nSPS) is 10.7. The molecule has 300 valence electrons. The van der Waals surface area contributed by atoms with E-state index in [4.69, 9.17) is 44.3 Å². The molecule has 0 fully saturated rings. The van der Waals surface area contributed by atoms with Crippen molar-refractivity contribution in [2.45, 2.75) is 26.3 Å². The van der Waals surface area contributed by atoms with E-state index < -0.39 is 5.97 Å². The van der Waals surface area contributed by atoms with Gasteiger partial charge in [-0.05, 0) is 38.1 Å². The van der Waals surface area contributed by atoms with Crippen LogP contribution in [0.2, 0.25) is 10.0 Å². The zero-order valence-electron chi connectivity index (χ0n) is 31.2. The molecule has 0 radical (unpaired) electrons. The van der Waals surface area contributed by atoms with E-state index in [1.165, 1.54) is 40.2 Å². The van der Waals surface area contributed by atoms with Crippen LogP contribution in [0.4, 0.5) is 0 Å². The van der Waals surface area contributed by atoms with Crippen LogP contribution in [0.25, 0.3) is 34.3 Å². The van der Waals surface area contributed by atoms with Gasteiger partial charge in [0.2, 0.25) is 0 Å². The fourth-order valence-corrected chi connectivity index (χ4v) is 6.17. The van der Waals surface area contributed by atoms with E-state index in [9.17, 15) is 24.3 Å². The number of ketones is 1. The molecule has 8 aromatic rings. The van der Waals surface area contributed by atoms with Crippen LogP contribution >= 0.6 is 34.8 Å². The summed E-state index contributed by atoms with van der Waals surface area (Å²) in [6.07, 6.45) is 0. The highest BCUT2D eigenvalue weighted by Crippen LogP contribution is 2.28. The number of ether oxygens (including phenoxy) is 2. The van der Waals surface area contributed by atoms with E-state index in [0.717, 1.165) is 11.1 Å². The summed E-state index contributed by atoms with van der Waals surface area (Å²) in [5, 5.41) is 15.7. The summed E-state index contributed by atoms with van der Waals surface area (Å²) in [5.41, 5.74) is 2.45. The largest absolute Gasteiger partial charge is 0.507 e. The zero-order valence-corrected chi connectivity index (χ0v) is 33.5. The first-order valence-electron chi connectivity index (χ1n) is 17.7. The number of aromatic hydroxyl groups is 1. The third-order valence-corrected chi connectivity index (χ3v) is 9.08. The third-order valence-electron chi connectivity index (χ3n) is 8.17. The number of nitrogens with one attached hydrogen (secondary N) is 2. The Bertz CT molecular complexity index is 2860. The number of aromatic nitrogens is 8. The van der Waals surface area contributed by atoms with Crippen molar-refractivity contribution in [2.24, 2.45) is 0 Å². The fraction of sp³-hybridized carbons (Fsp3) is 0.122. The van der Waals surface area contributed by atoms with Crippen molar-refractivity contribution in [1.82, 2.24) is 39.2 Å². The molecule has 4 heterocycles. The van der Waals surface area contributed by atoms with Crippen molar-refractivity contribution in [3.05, 3.63) is 162 Å². The number of carbonyl (C=O) groups is 2. The van der Waals surface area contributed by atoms with E-state index in [1.807, 2.05) is 60.7 Å². The highest BCUT2D eigenvalue weighted by atomic mass is 35.5. The number of fused-ring (bicyclic) bond motifs is 2. The first-order valence-corrected chi connectivity index (χ1v) is 19.0. The maximum atomic E-state index is 12.4. The molecule has 18 heteroatoms. The maximum Gasteiger partial charge on any atom is 0.343 e. The van der Waals surface area contributed by atoms with Gasteiger partial charge in [-0.2, -0.15) is 19.0 Å². The standard InChI is InChI=1S/C20H15ClN4O3.C12H9ClN4O.C9H9ClO3/c1-12(26)18-15(21)8-5-9-16(18)28-11-14-10-17(27)25-20(22-14)23-19(24-25)13-6-3-2-4-7-13;13-7-9-6-10(18)17-12(14-9)15-11(16-17)8-4-2-1-3-5-8;1-2-13-9(12)8-6(10)4-3-5-7(8)11/h2-10H,11H2,1H3,(H,22,23,24);1-6H,7H2,(H,14,15,16);3-5,11H,2H2,1H3. The minimum atomic E-state index is -0.606. The minimum absolute atomic E-state index is 0.000107. The molecule has 15 nitrogen and oxygen atoms in total. The van der Waals surface area contributed by atoms with Gasteiger partial charge in [0.1, 0.15) is 23.7 Å². The number of H-pyrrole nitrogens is 2. The van der Waals surface area contributed by atoms with E-state index in [1.54, 1.807) is 31.2 Å². The lowest BCUT2D eigenvalue weighted by Crippen LogP contribution is -2.16. The third kappa shape index (κ3) is 10.0. The van der Waals surface area contributed by atoms with Gasteiger partial charge in [-0.15, -0.1) is 11.6 Å². The lowest BCUT2D eigenvalue weighted by molar-refractivity contribution is 0.0523. The van der Waals surface area contributed by atoms with Gasteiger partial charge in [-0.3, -0.25) is 24.6 Å². The molecule has 0 aliphatic heterocycles. The monoisotopic (exact) mass is 854 g/mol. The second-order valence-electron chi connectivity index (χ2n) is 12.3. The Kier molecular flexibility index (Phi) is 13.5. The first-order chi connectivity index (χ1) is 28.5. The van der Waals surface area contributed by atoms with Gasteiger partial charge in [0.15, 0.2) is 17.4 Å². The molecule has 0 saturated carbocycles. The van der Waals surface area contributed by atoms with E-state index >= 15 is 0 Å². The van der Waals surface area contributed by atoms with Crippen molar-refractivity contribution in [2.75, 3.05) is 6.61 Å². The van der Waals surface area contributed by atoms with Gasteiger partial charge in [-0.1, -0.05) is 96.0 Å². The van der Waals surface area contributed by atoms with Crippen molar-refractivity contribution in [1.29, 1.82) is 0 Å². The summed E-state index contributed by atoms with van der Waals surface area (Å²) in [5.74, 6) is 1.28. The Hall–Kier alpha value is -6.81. The molecule has 0 atom stereocenters. The Morgan fingerprint density at radius 3 is 1.71 bits per heavy atom. The van der Waals surface area contributed by atoms with Gasteiger partial charge in [0.05, 0.1) is 39.5 Å². The molecule has 8 rings (SSSR count). The molecule has 4 aromatic carbocycles. The molecule has 0 unspecified atom stereocenters. The van der Waals surface area contributed by atoms with Crippen LogP contribution in [0.1, 0.15) is 46.0 Å². The van der Waals surface area contributed by atoms with Gasteiger partial charge in [0, 0.05) is 23.3 Å². The maximum absolute atomic E-state index is 12.4. The van der Waals surface area contributed by atoms with Gasteiger partial charge in [0.25, 0.3) is 22.7 Å². The molecule has 0 amide bonds. The van der Waals surface area contributed by atoms with Crippen molar-refractivity contribution >= 4 is 58.1 Å². The number of phenolic OH excluding ortho intramolecular Hbond substituents is 1. The second kappa shape index (κ2) is 19.1. The smallest absolute Gasteiger partial charge is 0.343 e. The van der Waals surface area contributed by atoms with Gasteiger partial charge in [-0.25, -0.2) is 14.8 Å². The molecule has 0 saturated heterocycles. The predicted octanol–water partition coefficient (Wildman–Crippen LogP) is 7.57. The van der Waals surface area contributed by atoms with Crippen molar-refractivity contribution in [3.63, 3.8) is 0 Å². The lowest BCUT2D eigenvalue weighted by Gasteiger charge is -2.10. The SMILES string of the molecule is CC(=O)c1c(Cl)cccc1OCc1cc(=O)n2[nH]c(-c3ccccc3)nc2n1.CCOC(=O)c1c(O)cccc1Cl.O=c1cc(CCl)nc2nc(-c3ccccc3)[nH]n12. The number of halogens is 3. The summed E-state index contributed by atoms with van der Waals surface area (Å²) in [6, 6.07) is 31.2. The Morgan fingerprint density at radius 1 is 0.695 bits per heavy atom. The van der Waals surface area contributed by atoms with Crippen molar-refractivity contribution in [3.8, 4) is 34.3 Å². The number of carbonyl (C=O) groups excluding carboxylic acids is 2. The number of hydrogen-bond acceptors (Lipinski definition) is 11. The van der Waals surface area contributed by atoms with E-state index in [-0.39, 0.29) is 58.1 Å². The summed E-state index contributed by atoms with van der Waals surface area (Å²) in [4.78, 5) is 64.5. The van der Waals surface area contributed by atoms with Gasteiger partial charge < -0.3 is 14.6 Å². The highest BCUT2D eigenvalue weighted by Gasteiger charge is 2.17. The van der Waals surface area contributed by atoms with Crippen LogP contribution in [0.5, 0.6) is 11.5 Å². The molecule has 0 bridgehead atoms. The average molecular weight is 856 g/mol. The van der Waals surface area contributed by atoms with Gasteiger partial charge >= 0.3 is 5.97 Å². The zero-order chi connectivity index (χ0) is 42.1. The van der Waals surface area contributed by atoms with Crippen LogP contribution in [0.15, 0.2) is 119 Å².